The van der Waals surface area contributed by atoms with Crippen molar-refractivity contribution in [2.45, 2.75) is 32.0 Å². The summed E-state index contributed by atoms with van der Waals surface area (Å²) in [6.07, 6.45) is -0.552. The van der Waals surface area contributed by atoms with E-state index in [9.17, 15) is 5.11 Å². The van der Waals surface area contributed by atoms with E-state index in [1.54, 1.807) is 7.11 Å². The van der Waals surface area contributed by atoms with E-state index in [-0.39, 0.29) is 6.04 Å². The van der Waals surface area contributed by atoms with Gasteiger partial charge < -0.3 is 9.84 Å². The molecule has 5 heteroatoms. The van der Waals surface area contributed by atoms with Crippen LogP contribution in [0.1, 0.15) is 37.1 Å². The number of aliphatic hydroxyl groups excluding tert-OH is 1. The second-order valence-electron chi connectivity index (χ2n) is 8.41. The zero-order valence-corrected chi connectivity index (χ0v) is 19.2. The quantitative estimate of drug-likeness (QED) is 0.566. The Morgan fingerprint density at radius 2 is 1.55 bits per heavy atom. The van der Waals surface area contributed by atoms with E-state index in [2.05, 4.69) is 54.0 Å². The minimum Gasteiger partial charge on any atom is -0.495 e. The Balaban J connectivity index is 1.42. The second kappa shape index (κ2) is 9.58. The van der Waals surface area contributed by atoms with Crippen molar-refractivity contribution in [1.29, 1.82) is 0 Å². The van der Waals surface area contributed by atoms with Crippen LogP contribution in [0.5, 0.6) is 5.75 Å². The largest absolute Gasteiger partial charge is 0.495 e. The molecule has 3 aromatic rings. The van der Waals surface area contributed by atoms with Crippen LogP contribution in [0.2, 0.25) is 5.02 Å². The molecule has 1 aliphatic rings. The van der Waals surface area contributed by atoms with E-state index in [1.807, 2.05) is 30.3 Å². The molecule has 2 unspecified atom stereocenters. The molecular formula is C26H31ClN2O2. The summed E-state index contributed by atoms with van der Waals surface area (Å²) >= 11 is 6.44. The van der Waals surface area contributed by atoms with Gasteiger partial charge in [-0.3, -0.25) is 9.80 Å². The van der Waals surface area contributed by atoms with E-state index >= 15 is 0 Å². The monoisotopic (exact) mass is 438 g/mol. The molecule has 0 saturated carbocycles. The van der Waals surface area contributed by atoms with Crippen molar-refractivity contribution in [3.8, 4) is 5.75 Å². The highest BCUT2D eigenvalue weighted by molar-refractivity contribution is 6.37. The van der Waals surface area contributed by atoms with Crippen molar-refractivity contribution >= 4 is 22.4 Å². The highest BCUT2D eigenvalue weighted by Crippen LogP contribution is 2.34. The molecule has 31 heavy (non-hydrogen) atoms. The van der Waals surface area contributed by atoms with Crippen molar-refractivity contribution in [2.24, 2.45) is 0 Å². The maximum atomic E-state index is 11.1. The first kappa shape index (κ1) is 22.1. The number of methoxy groups -OCH3 is 1. The first-order valence-corrected chi connectivity index (χ1v) is 11.3. The maximum Gasteiger partial charge on any atom is 0.138 e. The summed E-state index contributed by atoms with van der Waals surface area (Å²) in [4.78, 5) is 4.92. The minimum absolute atomic E-state index is 0.0420. The lowest BCUT2D eigenvalue weighted by Crippen LogP contribution is -2.51. The first-order valence-electron chi connectivity index (χ1n) is 11.0. The third-order valence-electron chi connectivity index (χ3n) is 6.72. The van der Waals surface area contributed by atoms with E-state index in [0.717, 1.165) is 42.5 Å². The predicted octanol–water partition coefficient (Wildman–Crippen LogP) is 5.30. The number of fused-ring (bicyclic) bond motifs is 1. The number of piperazine rings is 1. The molecule has 0 spiro atoms. The second-order valence-corrected chi connectivity index (χ2v) is 8.78. The molecule has 1 saturated heterocycles. The fourth-order valence-electron chi connectivity index (χ4n) is 4.58. The van der Waals surface area contributed by atoms with Crippen molar-refractivity contribution in [3.63, 3.8) is 0 Å². The van der Waals surface area contributed by atoms with Gasteiger partial charge in [0.05, 0.1) is 18.2 Å². The third-order valence-corrected chi connectivity index (χ3v) is 7.11. The van der Waals surface area contributed by atoms with E-state index < -0.39 is 6.10 Å². The maximum absolute atomic E-state index is 11.1. The Labute approximate surface area is 190 Å². The van der Waals surface area contributed by atoms with Gasteiger partial charge in [0.2, 0.25) is 0 Å². The van der Waals surface area contributed by atoms with Crippen molar-refractivity contribution in [3.05, 3.63) is 76.8 Å². The normalized spacial score (nSPS) is 18.6. The van der Waals surface area contributed by atoms with Gasteiger partial charge in [-0.05, 0) is 42.5 Å². The van der Waals surface area contributed by atoms with E-state index in [0.29, 0.717) is 16.8 Å². The summed E-state index contributed by atoms with van der Waals surface area (Å²) in [5.41, 5.74) is 2.27. The third kappa shape index (κ3) is 4.58. The van der Waals surface area contributed by atoms with Gasteiger partial charge in [0.1, 0.15) is 5.75 Å². The summed E-state index contributed by atoms with van der Waals surface area (Å²) in [7, 11) is 1.62. The van der Waals surface area contributed by atoms with Crippen LogP contribution in [0.3, 0.4) is 0 Å². The molecule has 0 amide bonds. The lowest BCUT2D eigenvalue weighted by molar-refractivity contribution is 0.0174. The SMILES string of the molecule is COc1ccc2cc([C@H](O)C(C)N3CCN(C(C)c4ccccc4)CC3)ccc2c1Cl. The summed E-state index contributed by atoms with van der Waals surface area (Å²) in [6.45, 7) is 8.29. The molecule has 0 bridgehead atoms. The topological polar surface area (TPSA) is 35.9 Å². The van der Waals surface area contributed by atoms with Crippen LogP contribution in [0.25, 0.3) is 10.8 Å². The Hall–Kier alpha value is -2.11. The highest BCUT2D eigenvalue weighted by Gasteiger charge is 2.28. The molecule has 0 radical (unpaired) electrons. The van der Waals surface area contributed by atoms with Crippen molar-refractivity contribution in [1.82, 2.24) is 9.80 Å². The van der Waals surface area contributed by atoms with Crippen LogP contribution in [0.15, 0.2) is 60.7 Å². The predicted molar refractivity (Wildman–Crippen MR) is 128 cm³/mol. The molecule has 1 heterocycles. The fraction of sp³-hybridized carbons (Fsp3) is 0.385. The molecule has 3 aromatic carbocycles. The number of nitrogens with zero attached hydrogens (tertiary/aromatic N) is 2. The standard InChI is InChI=1S/C26H31ClN2O2/c1-18(20-7-5-4-6-8-20)28-13-15-29(16-14-28)19(2)26(30)22-9-11-23-21(17-22)10-12-24(31-3)25(23)27/h4-12,17-19,26,30H,13-16H2,1-3H3/t18?,19?,26-/m1/s1. The number of aliphatic hydroxyl groups is 1. The minimum atomic E-state index is -0.552. The molecule has 3 atom stereocenters. The van der Waals surface area contributed by atoms with Gasteiger partial charge in [0.25, 0.3) is 0 Å². The lowest BCUT2D eigenvalue weighted by atomic mass is 9.98. The van der Waals surface area contributed by atoms with Crippen LogP contribution < -0.4 is 4.74 Å². The molecule has 164 valence electrons. The van der Waals surface area contributed by atoms with Gasteiger partial charge in [-0.1, -0.05) is 60.1 Å². The van der Waals surface area contributed by atoms with Crippen LogP contribution >= 0.6 is 11.6 Å². The van der Waals surface area contributed by atoms with Crippen LogP contribution in [-0.2, 0) is 0 Å². The molecule has 0 aliphatic carbocycles. The smallest absolute Gasteiger partial charge is 0.138 e. The summed E-state index contributed by atoms with van der Waals surface area (Å²) in [5.74, 6) is 0.665. The zero-order valence-electron chi connectivity index (χ0n) is 18.5. The number of ether oxygens (including phenoxy) is 1. The number of halogens is 1. The number of benzene rings is 3. The van der Waals surface area contributed by atoms with E-state index in [4.69, 9.17) is 16.3 Å². The van der Waals surface area contributed by atoms with Gasteiger partial charge in [-0.25, -0.2) is 0 Å². The summed E-state index contributed by atoms with van der Waals surface area (Å²) in [5, 5.41) is 13.7. The molecule has 4 nitrogen and oxygen atoms in total. The molecule has 1 N–H and O–H groups in total. The Morgan fingerprint density at radius 1 is 0.871 bits per heavy atom. The van der Waals surface area contributed by atoms with Gasteiger partial charge >= 0.3 is 0 Å². The van der Waals surface area contributed by atoms with E-state index in [1.165, 1.54) is 5.56 Å². The van der Waals surface area contributed by atoms with Gasteiger partial charge in [-0.2, -0.15) is 0 Å². The first-order chi connectivity index (χ1) is 15.0. The van der Waals surface area contributed by atoms with Gasteiger partial charge in [-0.15, -0.1) is 0 Å². The van der Waals surface area contributed by atoms with Crippen LogP contribution in [0, 0.1) is 0 Å². The number of hydrogen-bond acceptors (Lipinski definition) is 4. The average Bonchev–Trinajstić information content (AvgIpc) is 2.83. The van der Waals surface area contributed by atoms with Crippen molar-refractivity contribution in [2.75, 3.05) is 33.3 Å². The van der Waals surface area contributed by atoms with Gasteiger partial charge in [0.15, 0.2) is 0 Å². The summed E-state index contributed by atoms with van der Waals surface area (Å²) in [6, 6.07) is 21.0. The fourth-order valence-corrected chi connectivity index (χ4v) is 4.90. The van der Waals surface area contributed by atoms with Crippen LogP contribution in [-0.4, -0.2) is 54.2 Å². The Morgan fingerprint density at radius 3 is 2.23 bits per heavy atom. The lowest BCUT2D eigenvalue weighted by Gasteiger charge is -2.42. The Kier molecular flexibility index (Phi) is 6.83. The number of hydrogen-bond donors (Lipinski definition) is 1. The average molecular weight is 439 g/mol. The summed E-state index contributed by atoms with van der Waals surface area (Å²) < 4.78 is 5.31. The number of rotatable bonds is 6. The Bertz CT molecular complexity index is 1020. The van der Waals surface area contributed by atoms with Crippen LogP contribution in [0.4, 0.5) is 0 Å². The van der Waals surface area contributed by atoms with Gasteiger partial charge in [0, 0.05) is 43.6 Å². The molecule has 0 aromatic heterocycles. The van der Waals surface area contributed by atoms with Crippen molar-refractivity contribution < 1.29 is 9.84 Å². The highest BCUT2D eigenvalue weighted by atomic mass is 35.5. The molecular weight excluding hydrogens is 408 g/mol. The zero-order chi connectivity index (χ0) is 22.0. The molecule has 4 rings (SSSR count). The molecule has 1 fully saturated rings. The molecule has 1 aliphatic heterocycles.